The van der Waals surface area contributed by atoms with Gasteiger partial charge in [-0.15, -0.1) is 0 Å². The van der Waals surface area contributed by atoms with Crippen LogP contribution in [0.1, 0.15) is 59.3 Å². The summed E-state index contributed by atoms with van der Waals surface area (Å²) in [5.74, 6) is 0.284. The van der Waals surface area contributed by atoms with Crippen molar-refractivity contribution in [3.63, 3.8) is 0 Å². The van der Waals surface area contributed by atoms with Crippen LogP contribution in [0.25, 0.3) is 0 Å². The molecule has 0 aromatic heterocycles. The highest BCUT2D eigenvalue weighted by molar-refractivity contribution is 5.86. The molecular formula is C16H31N3O. The van der Waals surface area contributed by atoms with Gasteiger partial charge in [0.15, 0.2) is 0 Å². The molecule has 1 aliphatic heterocycles. The van der Waals surface area contributed by atoms with Crippen LogP contribution in [0, 0.1) is 5.92 Å². The van der Waals surface area contributed by atoms with E-state index in [-0.39, 0.29) is 5.91 Å². The van der Waals surface area contributed by atoms with Gasteiger partial charge in [0, 0.05) is 18.6 Å². The zero-order chi connectivity index (χ0) is 14.8. The van der Waals surface area contributed by atoms with Crippen LogP contribution in [0.15, 0.2) is 0 Å². The van der Waals surface area contributed by atoms with Crippen LogP contribution in [-0.2, 0) is 4.79 Å². The summed E-state index contributed by atoms with van der Waals surface area (Å²) in [4.78, 5) is 14.7. The summed E-state index contributed by atoms with van der Waals surface area (Å²) in [7, 11) is 0. The van der Waals surface area contributed by atoms with Gasteiger partial charge >= 0.3 is 0 Å². The van der Waals surface area contributed by atoms with Crippen LogP contribution in [0.4, 0.5) is 0 Å². The Kier molecular flexibility index (Phi) is 5.08. The lowest BCUT2D eigenvalue weighted by Gasteiger charge is -2.45. The Balaban J connectivity index is 2.15. The van der Waals surface area contributed by atoms with Gasteiger partial charge in [0.1, 0.15) is 5.54 Å². The predicted octanol–water partition coefficient (Wildman–Crippen LogP) is 1.88. The minimum atomic E-state index is -0.504. The lowest BCUT2D eigenvalue weighted by Crippen LogP contribution is -2.65. The molecule has 1 aliphatic carbocycles. The number of likely N-dealkylation sites (tertiary alicyclic amines) is 1. The van der Waals surface area contributed by atoms with Crippen LogP contribution in [0.3, 0.4) is 0 Å². The van der Waals surface area contributed by atoms with Crippen molar-refractivity contribution in [3.8, 4) is 0 Å². The standard InChI is InChI=1S/C16H31N3O/c1-4-10-18-16(15(17)20,14-8-9-14)11-19-12(2)6-5-7-13(19)3/h12-14,18H,4-11H2,1-3H3,(H2,17,20)/t12-,13+,16?. The fraction of sp³-hybridized carbons (Fsp3) is 0.938. The maximum absolute atomic E-state index is 12.2. The highest BCUT2D eigenvalue weighted by atomic mass is 16.1. The summed E-state index contributed by atoms with van der Waals surface area (Å²) in [6.07, 6.45) is 7.07. The third-order valence-electron chi connectivity index (χ3n) is 5.21. The number of primary amides is 1. The van der Waals surface area contributed by atoms with Crippen LogP contribution in [0.5, 0.6) is 0 Å². The van der Waals surface area contributed by atoms with Gasteiger partial charge in [-0.05, 0) is 58.4 Å². The largest absolute Gasteiger partial charge is 0.368 e. The summed E-state index contributed by atoms with van der Waals surface area (Å²) < 4.78 is 0. The van der Waals surface area contributed by atoms with Gasteiger partial charge in [-0.25, -0.2) is 0 Å². The van der Waals surface area contributed by atoms with Crippen LogP contribution in [-0.4, -0.2) is 41.5 Å². The van der Waals surface area contributed by atoms with Crippen molar-refractivity contribution in [2.75, 3.05) is 13.1 Å². The van der Waals surface area contributed by atoms with Crippen molar-refractivity contribution in [2.45, 2.75) is 76.9 Å². The molecule has 4 heteroatoms. The molecule has 0 aromatic carbocycles. The summed E-state index contributed by atoms with van der Waals surface area (Å²) in [6.45, 7) is 8.37. The average Bonchev–Trinajstić information content (AvgIpc) is 3.22. The minimum absolute atomic E-state index is 0.154. The molecule has 0 bridgehead atoms. The van der Waals surface area contributed by atoms with Crippen molar-refractivity contribution < 1.29 is 4.79 Å². The number of carbonyl (C=O) groups excluding carboxylic acids is 1. The topological polar surface area (TPSA) is 58.4 Å². The molecule has 1 unspecified atom stereocenters. The van der Waals surface area contributed by atoms with Gasteiger partial charge < -0.3 is 11.1 Å². The first-order valence-corrected chi connectivity index (χ1v) is 8.32. The Bertz CT molecular complexity index is 333. The molecule has 1 heterocycles. The van der Waals surface area contributed by atoms with Crippen molar-refractivity contribution in [1.82, 2.24) is 10.2 Å². The maximum atomic E-state index is 12.2. The predicted molar refractivity (Wildman–Crippen MR) is 82.4 cm³/mol. The smallest absolute Gasteiger partial charge is 0.239 e. The molecule has 2 fully saturated rings. The number of nitrogens with two attached hydrogens (primary N) is 1. The average molecular weight is 281 g/mol. The normalized spacial score (nSPS) is 30.9. The summed E-state index contributed by atoms with van der Waals surface area (Å²) in [6, 6.07) is 1.11. The molecule has 4 nitrogen and oxygen atoms in total. The Morgan fingerprint density at radius 1 is 1.25 bits per heavy atom. The molecule has 116 valence electrons. The molecule has 2 rings (SSSR count). The Morgan fingerprint density at radius 2 is 1.85 bits per heavy atom. The lowest BCUT2D eigenvalue weighted by atomic mass is 9.87. The zero-order valence-corrected chi connectivity index (χ0v) is 13.3. The third kappa shape index (κ3) is 3.17. The van der Waals surface area contributed by atoms with Gasteiger partial charge in [-0.3, -0.25) is 9.69 Å². The van der Waals surface area contributed by atoms with E-state index in [0.29, 0.717) is 18.0 Å². The van der Waals surface area contributed by atoms with Gasteiger partial charge in [-0.1, -0.05) is 13.3 Å². The maximum Gasteiger partial charge on any atom is 0.239 e. The molecule has 3 N–H and O–H groups in total. The second-order valence-corrected chi connectivity index (χ2v) is 6.84. The van der Waals surface area contributed by atoms with E-state index < -0.39 is 5.54 Å². The number of hydrogen-bond acceptors (Lipinski definition) is 3. The van der Waals surface area contributed by atoms with E-state index in [1.807, 2.05) is 0 Å². The highest BCUT2D eigenvalue weighted by Gasteiger charge is 2.51. The first-order valence-electron chi connectivity index (χ1n) is 8.32. The fourth-order valence-electron chi connectivity index (χ4n) is 3.69. The Labute approximate surface area is 123 Å². The van der Waals surface area contributed by atoms with E-state index in [4.69, 9.17) is 5.73 Å². The summed E-state index contributed by atoms with van der Waals surface area (Å²) in [5, 5.41) is 3.52. The van der Waals surface area contributed by atoms with E-state index in [0.717, 1.165) is 32.4 Å². The lowest BCUT2D eigenvalue weighted by molar-refractivity contribution is -0.127. The fourth-order valence-corrected chi connectivity index (χ4v) is 3.69. The minimum Gasteiger partial charge on any atom is -0.368 e. The molecule has 1 amide bonds. The number of hydrogen-bond donors (Lipinski definition) is 2. The molecule has 0 aromatic rings. The van der Waals surface area contributed by atoms with Crippen molar-refractivity contribution in [1.29, 1.82) is 0 Å². The van der Waals surface area contributed by atoms with Crippen molar-refractivity contribution in [3.05, 3.63) is 0 Å². The van der Waals surface area contributed by atoms with Gasteiger partial charge in [0.05, 0.1) is 0 Å². The van der Waals surface area contributed by atoms with E-state index in [1.165, 1.54) is 19.3 Å². The first-order chi connectivity index (χ1) is 9.51. The van der Waals surface area contributed by atoms with E-state index >= 15 is 0 Å². The SMILES string of the molecule is CCCNC(CN1[C@H](C)CCC[C@@H]1C)(C(N)=O)C1CC1. The Morgan fingerprint density at radius 3 is 2.30 bits per heavy atom. The number of nitrogens with one attached hydrogen (secondary N) is 1. The highest BCUT2D eigenvalue weighted by Crippen LogP contribution is 2.41. The van der Waals surface area contributed by atoms with Crippen molar-refractivity contribution >= 4 is 5.91 Å². The second kappa shape index (κ2) is 6.44. The molecule has 0 radical (unpaired) electrons. The van der Waals surface area contributed by atoms with E-state index in [9.17, 15) is 4.79 Å². The number of amides is 1. The molecule has 2 aliphatic rings. The number of carbonyl (C=O) groups is 1. The van der Waals surface area contributed by atoms with Crippen molar-refractivity contribution in [2.24, 2.45) is 11.7 Å². The molecular weight excluding hydrogens is 250 g/mol. The number of rotatable bonds is 7. The Hall–Kier alpha value is -0.610. The van der Waals surface area contributed by atoms with E-state index in [2.05, 4.69) is 31.0 Å². The molecule has 3 atom stereocenters. The summed E-state index contributed by atoms with van der Waals surface area (Å²) in [5.41, 5.74) is 5.33. The third-order valence-corrected chi connectivity index (χ3v) is 5.21. The van der Waals surface area contributed by atoms with Crippen LogP contribution < -0.4 is 11.1 Å². The van der Waals surface area contributed by atoms with E-state index in [1.54, 1.807) is 0 Å². The number of nitrogens with zero attached hydrogens (tertiary/aromatic N) is 1. The number of piperidine rings is 1. The first kappa shape index (κ1) is 15.8. The second-order valence-electron chi connectivity index (χ2n) is 6.84. The van der Waals surface area contributed by atoms with Crippen LogP contribution in [0.2, 0.25) is 0 Å². The molecule has 0 spiro atoms. The van der Waals surface area contributed by atoms with Gasteiger partial charge in [-0.2, -0.15) is 0 Å². The molecule has 20 heavy (non-hydrogen) atoms. The quantitative estimate of drug-likeness (QED) is 0.749. The molecule has 1 saturated heterocycles. The molecule has 1 saturated carbocycles. The van der Waals surface area contributed by atoms with Crippen LogP contribution >= 0.6 is 0 Å². The zero-order valence-electron chi connectivity index (χ0n) is 13.3. The van der Waals surface area contributed by atoms with Gasteiger partial charge in [0.25, 0.3) is 0 Å². The monoisotopic (exact) mass is 281 g/mol. The summed E-state index contributed by atoms with van der Waals surface area (Å²) >= 11 is 0. The van der Waals surface area contributed by atoms with Gasteiger partial charge in [0.2, 0.25) is 5.91 Å².